The first-order valence-electron chi connectivity index (χ1n) is 9.74. The van der Waals surface area contributed by atoms with Crippen molar-refractivity contribution in [2.45, 2.75) is 52.0 Å². The molecule has 1 fully saturated rings. The first kappa shape index (κ1) is 19.5. The van der Waals surface area contributed by atoms with Gasteiger partial charge in [-0.1, -0.05) is 32.0 Å². The Hall–Kier alpha value is -2.21. The molecule has 0 spiro atoms. The van der Waals surface area contributed by atoms with Crippen LogP contribution >= 0.6 is 0 Å². The average Bonchev–Trinajstić information content (AvgIpc) is 3.12. The molecule has 0 aliphatic carbocycles. The van der Waals surface area contributed by atoms with Crippen molar-refractivity contribution in [3.05, 3.63) is 47.6 Å². The Labute approximate surface area is 161 Å². The molecule has 0 bridgehead atoms. The van der Waals surface area contributed by atoms with Crippen LogP contribution in [0.3, 0.4) is 0 Å². The lowest BCUT2D eigenvalue weighted by molar-refractivity contribution is -0.122. The highest BCUT2D eigenvalue weighted by Gasteiger charge is 2.29. The molecule has 1 aliphatic rings. The fraction of sp³-hybridized carbons (Fsp3) is 0.571. The highest BCUT2D eigenvalue weighted by molar-refractivity contribution is 5.76. The molecule has 1 aliphatic heterocycles. The Morgan fingerprint density at radius 3 is 2.93 bits per heavy atom. The van der Waals surface area contributed by atoms with E-state index in [4.69, 9.17) is 4.52 Å². The summed E-state index contributed by atoms with van der Waals surface area (Å²) in [6, 6.07) is 5.92. The van der Waals surface area contributed by atoms with Crippen LogP contribution in [0.1, 0.15) is 50.6 Å². The number of carbonyl (C=O) groups excluding carboxylic acids is 1. The van der Waals surface area contributed by atoms with Gasteiger partial charge in [0.25, 0.3) is 0 Å². The quantitative estimate of drug-likeness (QED) is 0.817. The van der Waals surface area contributed by atoms with E-state index in [1.54, 1.807) is 12.4 Å². The van der Waals surface area contributed by atoms with Crippen molar-refractivity contribution >= 4 is 5.91 Å². The lowest BCUT2D eigenvalue weighted by Crippen LogP contribution is -2.40. The molecule has 2 unspecified atom stereocenters. The third-order valence-corrected chi connectivity index (χ3v) is 5.19. The van der Waals surface area contributed by atoms with Crippen LogP contribution in [-0.4, -0.2) is 29.1 Å². The lowest BCUT2D eigenvalue weighted by Gasteiger charge is -2.31. The van der Waals surface area contributed by atoms with Gasteiger partial charge in [0.1, 0.15) is 5.76 Å². The summed E-state index contributed by atoms with van der Waals surface area (Å²) in [6.45, 7) is 8.76. The van der Waals surface area contributed by atoms with Gasteiger partial charge in [-0.3, -0.25) is 9.78 Å². The van der Waals surface area contributed by atoms with Crippen LogP contribution in [0, 0.1) is 11.8 Å². The van der Waals surface area contributed by atoms with Crippen LogP contribution in [0.2, 0.25) is 0 Å². The van der Waals surface area contributed by atoms with E-state index >= 15 is 0 Å². The van der Waals surface area contributed by atoms with Gasteiger partial charge >= 0.3 is 0 Å². The number of pyridine rings is 1. The second kappa shape index (κ2) is 8.65. The van der Waals surface area contributed by atoms with Gasteiger partial charge in [0.15, 0.2) is 0 Å². The Balaban J connectivity index is 1.55. The number of carbonyl (C=O) groups is 1. The zero-order chi connectivity index (χ0) is 19.3. The minimum atomic E-state index is -0.0400. The second-order valence-corrected chi connectivity index (χ2v) is 8.49. The predicted molar refractivity (Wildman–Crippen MR) is 104 cm³/mol. The molecule has 1 saturated heterocycles. The number of nitrogens with zero attached hydrogens (tertiary/aromatic N) is 2. The van der Waals surface area contributed by atoms with Gasteiger partial charge < -0.3 is 15.2 Å². The summed E-state index contributed by atoms with van der Waals surface area (Å²) in [4.78, 5) is 16.5. The Morgan fingerprint density at radius 1 is 1.37 bits per heavy atom. The van der Waals surface area contributed by atoms with Gasteiger partial charge in [-0.2, -0.15) is 0 Å². The summed E-state index contributed by atoms with van der Waals surface area (Å²) in [7, 11) is 0. The smallest absolute Gasteiger partial charge is 0.220 e. The molecule has 1 amide bonds. The number of hydrogen-bond acceptors (Lipinski definition) is 5. The molecule has 27 heavy (non-hydrogen) atoms. The number of amides is 1. The summed E-state index contributed by atoms with van der Waals surface area (Å²) < 4.78 is 5.52. The molecular weight excluding hydrogens is 340 g/mol. The second-order valence-electron chi connectivity index (χ2n) is 8.49. The van der Waals surface area contributed by atoms with E-state index in [0.29, 0.717) is 24.8 Å². The van der Waals surface area contributed by atoms with E-state index in [1.165, 1.54) is 0 Å². The van der Waals surface area contributed by atoms with Crippen molar-refractivity contribution in [2.24, 2.45) is 11.8 Å². The number of rotatable bonds is 6. The standard InChI is InChI=1S/C21H30N4O2/c1-21(2,3)19-11-18(25-27-19)9-17-14-23-8-6-16(17)10-20(26)24-13-15-5-4-7-22-12-15/h4-5,7,11-12,16-17,23H,6,8-10,13-14H2,1-3H3,(H,24,26). The molecule has 2 aromatic rings. The van der Waals surface area contributed by atoms with Gasteiger partial charge in [0.2, 0.25) is 5.91 Å². The highest BCUT2D eigenvalue weighted by Crippen LogP contribution is 2.28. The molecule has 0 aromatic carbocycles. The first-order valence-corrected chi connectivity index (χ1v) is 9.74. The molecule has 3 rings (SSSR count). The molecule has 146 valence electrons. The van der Waals surface area contributed by atoms with Crippen LogP contribution < -0.4 is 10.6 Å². The van der Waals surface area contributed by atoms with Gasteiger partial charge in [-0.25, -0.2) is 0 Å². The SMILES string of the molecule is CC(C)(C)c1cc(CC2CNCCC2CC(=O)NCc2cccnc2)no1. The maximum absolute atomic E-state index is 12.4. The summed E-state index contributed by atoms with van der Waals surface area (Å²) in [5.41, 5.74) is 1.96. The monoisotopic (exact) mass is 370 g/mol. The third kappa shape index (κ3) is 5.63. The minimum absolute atomic E-state index is 0.0400. The average molecular weight is 370 g/mol. The molecule has 0 radical (unpaired) electrons. The van der Waals surface area contributed by atoms with Gasteiger partial charge in [0.05, 0.1) is 5.69 Å². The topological polar surface area (TPSA) is 80.0 Å². The normalized spacial score (nSPS) is 20.4. The van der Waals surface area contributed by atoms with Gasteiger partial charge in [0, 0.05) is 36.8 Å². The largest absolute Gasteiger partial charge is 0.361 e. The third-order valence-electron chi connectivity index (χ3n) is 5.19. The molecule has 2 N–H and O–H groups in total. The van der Waals surface area contributed by atoms with Gasteiger partial charge in [-0.15, -0.1) is 0 Å². The zero-order valence-electron chi connectivity index (χ0n) is 16.5. The van der Waals surface area contributed by atoms with E-state index < -0.39 is 0 Å². The molecule has 0 saturated carbocycles. The van der Waals surface area contributed by atoms with Crippen LogP contribution in [0.4, 0.5) is 0 Å². The van der Waals surface area contributed by atoms with Crippen molar-refractivity contribution in [1.29, 1.82) is 0 Å². The summed E-state index contributed by atoms with van der Waals surface area (Å²) >= 11 is 0. The van der Waals surface area contributed by atoms with Gasteiger partial charge in [-0.05, 0) is 49.4 Å². The van der Waals surface area contributed by atoms with Crippen molar-refractivity contribution < 1.29 is 9.32 Å². The molecular formula is C21H30N4O2. The first-order chi connectivity index (χ1) is 12.9. The van der Waals surface area contributed by atoms with Crippen LogP contribution in [-0.2, 0) is 23.2 Å². The van der Waals surface area contributed by atoms with Crippen molar-refractivity contribution in [3.8, 4) is 0 Å². The van der Waals surface area contributed by atoms with E-state index in [2.05, 4.69) is 47.6 Å². The Kier molecular flexibility index (Phi) is 6.26. The van der Waals surface area contributed by atoms with Crippen LogP contribution in [0.25, 0.3) is 0 Å². The summed E-state index contributed by atoms with van der Waals surface area (Å²) in [5, 5.41) is 10.7. The summed E-state index contributed by atoms with van der Waals surface area (Å²) in [5.74, 6) is 1.76. The van der Waals surface area contributed by atoms with Crippen molar-refractivity contribution in [2.75, 3.05) is 13.1 Å². The number of piperidine rings is 1. The zero-order valence-corrected chi connectivity index (χ0v) is 16.5. The van der Waals surface area contributed by atoms with E-state index in [-0.39, 0.29) is 11.3 Å². The minimum Gasteiger partial charge on any atom is -0.361 e. The van der Waals surface area contributed by atoms with E-state index in [0.717, 1.165) is 42.9 Å². The Bertz CT molecular complexity index is 736. The number of nitrogens with one attached hydrogen (secondary N) is 2. The van der Waals surface area contributed by atoms with Crippen molar-refractivity contribution in [1.82, 2.24) is 20.8 Å². The molecule has 6 nitrogen and oxygen atoms in total. The summed E-state index contributed by atoms with van der Waals surface area (Å²) in [6.07, 6.45) is 5.92. The van der Waals surface area contributed by atoms with E-state index in [1.807, 2.05) is 12.1 Å². The fourth-order valence-corrected chi connectivity index (χ4v) is 3.53. The molecule has 2 aromatic heterocycles. The van der Waals surface area contributed by atoms with Crippen molar-refractivity contribution in [3.63, 3.8) is 0 Å². The number of aromatic nitrogens is 2. The number of hydrogen-bond donors (Lipinski definition) is 2. The fourth-order valence-electron chi connectivity index (χ4n) is 3.53. The molecule has 6 heteroatoms. The maximum Gasteiger partial charge on any atom is 0.220 e. The predicted octanol–water partition coefficient (Wildman–Crippen LogP) is 2.84. The van der Waals surface area contributed by atoms with Crippen LogP contribution in [0.15, 0.2) is 35.1 Å². The maximum atomic E-state index is 12.4. The molecule has 2 atom stereocenters. The highest BCUT2D eigenvalue weighted by atomic mass is 16.5. The van der Waals surface area contributed by atoms with E-state index in [9.17, 15) is 4.79 Å². The van der Waals surface area contributed by atoms with Crippen LogP contribution in [0.5, 0.6) is 0 Å². The Morgan fingerprint density at radius 2 is 2.22 bits per heavy atom. The molecule has 3 heterocycles. The lowest BCUT2D eigenvalue weighted by atomic mass is 9.81.